The summed E-state index contributed by atoms with van der Waals surface area (Å²) in [6, 6.07) is 0. The third kappa shape index (κ3) is 3.00. The van der Waals surface area contributed by atoms with Gasteiger partial charge in [-0.2, -0.15) is 0 Å². The lowest BCUT2D eigenvalue weighted by atomic mass is 9.84. The van der Waals surface area contributed by atoms with E-state index in [-0.39, 0.29) is 5.91 Å². The molecule has 19 heavy (non-hydrogen) atoms. The monoisotopic (exact) mass is 271 g/mol. The van der Waals surface area contributed by atoms with Crippen LogP contribution in [0.15, 0.2) is 0 Å². The highest BCUT2D eigenvalue weighted by Crippen LogP contribution is 2.32. The Balaban J connectivity index is 3.25. The Kier molecular flexibility index (Phi) is 4.79. The molecule has 0 saturated carbocycles. The number of rotatable bonds is 2. The summed E-state index contributed by atoms with van der Waals surface area (Å²) < 4.78 is 4.89. The predicted molar refractivity (Wildman–Crippen MR) is 72.9 cm³/mol. The van der Waals surface area contributed by atoms with Gasteiger partial charge in [-0.1, -0.05) is 0 Å². The summed E-state index contributed by atoms with van der Waals surface area (Å²) in [6.45, 7) is 7.02. The summed E-state index contributed by atoms with van der Waals surface area (Å²) in [6.07, 6.45) is 1.00. The molecular formula is C13H25N3O3. The molecule has 0 aromatic carbocycles. The van der Waals surface area contributed by atoms with Crippen LogP contribution in [-0.2, 0) is 9.53 Å². The highest BCUT2D eigenvalue weighted by atomic mass is 16.5. The van der Waals surface area contributed by atoms with E-state index in [0.717, 1.165) is 13.0 Å². The molecule has 2 amide bonds. The fourth-order valence-corrected chi connectivity index (χ4v) is 2.79. The lowest BCUT2D eigenvalue weighted by Crippen LogP contribution is -2.70. The molecule has 6 nitrogen and oxygen atoms in total. The number of likely N-dealkylation sites (N-methyl/N-ethyl adjacent to an activating group) is 1. The number of piperidine rings is 1. The van der Waals surface area contributed by atoms with Crippen LogP contribution in [0.5, 0.6) is 0 Å². The number of amides is 2. The van der Waals surface area contributed by atoms with Crippen molar-refractivity contribution in [2.75, 3.05) is 27.2 Å². The second-order valence-electron chi connectivity index (χ2n) is 5.87. The van der Waals surface area contributed by atoms with E-state index in [4.69, 9.17) is 4.74 Å². The molecule has 1 aliphatic rings. The van der Waals surface area contributed by atoms with Crippen LogP contribution in [0.4, 0.5) is 4.79 Å². The van der Waals surface area contributed by atoms with Crippen LogP contribution in [-0.4, -0.2) is 55.2 Å². The van der Waals surface area contributed by atoms with E-state index in [1.54, 1.807) is 11.9 Å². The average molecular weight is 271 g/mol. The van der Waals surface area contributed by atoms with Crippen LogP contribution in [0.25, 0.3) is 0 Å². The van der Waals surface area contributed by atoms with Crippen molar-refractivity contribution in [1.29, 1.82) is 0 Å². The van der Waals surface area contributed by atoms with Gasteiger partial charge in [-0.15, -0.1) is 0 Å². The molecule has 0 aromatic heterocycles. The van der Waals surface area contributed by atoms with E-state index in [1.807, 2.05) is 20.8 Å². The Morgan fingerprint density at radius 3 is 2.37 bits per heavy atom. The molecule has 1 atom stereocenters. The topological polar surface area (TPSA) is 70.7 Å². The van der Waals surface area contributed by atoms with Crippen molar-refractivity contribution in [3.63, 3.8) is 0 Å². The van der Waals surface area contributed by atoms with E-state index < -0.39 is 17.2 Å². The lowest BCUT2D eigenvalue weighted by molar-refractivity contribution is -0.137. The Hall–Kier alpha value is -1.30. The van der Waals surface area contributed by atoms with E-state index in [9.17, 15) is 9.59 Å². The first kappa shape index (κ1) is 15.8. The molecule has 0 bridgehead atoms. The van der Waals surface area contributed by atoms with Gasteiger partial charge in [-0.05, 0) is 40.2 Å². The van der Waals surface area contributed by atoms with Crippen molar-refractivity contribution >= 4 is 12.0 Å². The first-order valence-electron chi connectivity index (χ1n) is 6.61. The minimum atomic E-state index is -0.891. The normalized spacial score (nSPS) is 23.6. The van der Waals surface area contributed by atoms with Crippen molar-refractivity contribution in [3.8, 4) is 0 Å². The molecule has 1 aliphatic heterocycles. The smallest absolute Gasteiger partial charge is 0.410 e. The van der Waals surface area contributed by atoms with Crippen molar-refractivity contribution in [1.82, 2.24) is 15.5 Å². The van der Waals surface area contributed by atoms with Gasteiger partial charge >= 0.3 is 6.09 Å². The van der Waals surface area contributed by atoms with Gasteiger partial charge in [0, 0.05) is 19.1 Å². The van der Waals surface area contributed by atoms with Gasteiger partial charge in [0.2, 0.25) is 5.91 Å². The van der Waals surface area contributed by atoms with Gasteiger partial charge in [0.05, 0.1) is 7.11 Å². The van der Waals surface area contributed by atoms with Crippen LogP contribution in [0.2, 0.25) is 0 Å². The number of ether oxygens (including phenoxy) is 1. The molecule has 2 N–H and O–H groups in total. The maximum atomic E-state index is 12.4. The maximum absolute atomic E-state index is 12.4. The molecule has 1 saturated heterocycles. The number of nitrogens with zero attached hydrogens (tertiary/aromatic N) is 1. The zero-order valence-electron chi connectivity index (χ0n) is 12.5. The van der Waals surface area contributed by atoms with Gasteiger partial charge in [0.1, 0.15) is 5.54 Å². The minimum absolute atomic E-state index is 0.153. The van der Waals surface area contributed by atoms with Crippen LogP contribution in [0.1, 0.15) is 33.6 Å². The summed E-state index contributed by atoms with van der Waals surface area (Å²) in [7, 11) is 2.94. The quantitative estimate of drug-likeness (QED) is 0.776. The highest BCUT2D eigenvalue weighted by Gasteiger charge is 2.51. The second-order valence-corrected chi connectivity index (χ2v) is 5.87. The molecule has 1 fully saturated rings. The third-order valence-electron chi connectivity index (χ3n) is 3.47. The molecule has 1 rings (SSSR count). The fourth-order valence-electron chi connectivity index (χ4n) is 2.79. The number of nitrogens with one attached hydrogen (secondary N) is 2. The average Bonchev–Trinajstić information content (AvgIpc) is 2.37. The summed E-state index contributed by atoms with van der Waals surface area (Å²) in [4.78, 5) is 26.1. The molecular weight excluding hydrogens is 246 g/mol. The van der Waals surface area contributed by atoms with Crippen molar-refractivity contribution in [2.45, 2.75) is 44.7 Å². The predicted octanol–water partition coefficient (Wildman–Crippen LogP) is 0.721. The largest absolute Gasteiger partial charge is 0.453 e. The number of hydrogen-bond donors (Lipinski definition) is 2. The zero-order valence-corrected chi connectivity index (χ0v) is 12.5. The molecule has 110 valence electrons. The molecule has 1 heterocycles. The fraction of sp³-hybridized carbons (Fsp3) is 0.846. The number of carbonyl (C=O) groups is 2. The Morgan fingerprint density at radius 2 is 2.00 bits per heavy atom. The maximum Gasteiger partial charge on any atom is 0.410 e. The molecule has 0 radical (unpaired) electrons. The molecule has 6 heteroatoms. The van der Waals surface area contributed by atoms with Gasteiger partial charge in [-0.25, -0.2) is 4.79 Å². The van der Waals surface area contributed by atoms with Gasteiger partial charge in [-0.3, -0.25) is 9.69 Å². The van der Waals surface area contributed by atoms with Crippen LogP contribution >= 0.6 is 0 Å². The number of methoxy groups -OCH3 is 1. The van der Waals surface area contributed by atoms with E-state index >= 15 is 0 Å². The van der Waals surface area contributed by atoms with E-state index in [2.05, 4.69) is 10.6 Å². The van der Waals surface area contributed by atoms with Gasteiger partial charge in [0.25, 0.3) is 0 Å². The Labute approximate surface area is 114 Å². The first-order valence-corrected chi connectivity index (χ1v) is 6.61. The SMILES string of the molecule is CNC(=O)C1(N(C(=O)OC)C(C)(C)C)CCCNC1. The summed E-state index contributed by atoms with van der Waals surface area (Å²) in [5, 5.41) is 5.89. The lowest BCUT2D eigenvalue weighted by Gasteiger charge is -2.50. The van der Waals surface area contributed by atoms with Crippen molar-refractivity contribution in [3.05, 3.63) is 0 Å². The summed E-state index contributed by atoms with van der Waals surface area (Å²) in [5.41, 5.74) is -1.39. The summed E-state index contributed by atoms with van der Waals surface area (Å²) in [5.74, 6) is -0.153. The van der Waals surface area contributed by atoms with Gasteiger partial charge in [0.15, 0.2) is 0 Å². The minimum Gasteiger partial charge on any atom is -0.453 e. The standard InChI is InChI=1S/C13H25N3O3/c1-12(2,3)16(11(18)19-5)13(10(17)14-4)7-6-8-15-9-13/h15H,6-9H2,1-5H3,(H,14,17). The molecule has 0 aliphatic carbocycles. The van der Waals surface area contributed by atoms with Crippen LogP contribution in [0, 0.1) is 0 Å². The second kappa shape index (κ2) is 5.77. The van der Waals surface area contributed by atoms with E-state index in [0.29, 0.717) is 13.0 Å². The van der Waals surface area contributed by atoms with Crippen molar-refractivity contribution < 1.29 is 14.3 Å². The Morgan fingerprint density at radius 1 is 1.37 bits per heavy atom. The van der Waals surface area contributed by atoms with Crippen LogP contribution < -0.4 is 10.6 Å². The summed E-state index contributed by atoms with van der Waals surface area (Å²) >= 11 is 0. The number of carbonyl (C=O) groups excluding carboxylic acids is 2. The first-order chi connectivity index (χ1) is 8.79. The molecule has 0 spiro atoms. The Bertz CT molecular complexity index is 344. The van der Waals surface area contributed by atoms with Crippen molar-refractivity contribution in [2.24, 2.45) is 0 Å². The zero-order chi connectivity index (χ0) is 14.7. The molecule has 0 aromatic rings. The third-order valence-corrected chi connectivity index (χ3v) is 3.47. The van der Waals surface area contributed by atoms with E-state index in [1.165, 1.54) is 7.11 Å². The van der Waals surface area contributed by atoms with Crippen LogP contribution in [0.3, 0.4) is 0 Å². The van der Waals surface area contributed by atoms with Gasteiger partial charge < -0.3 is 15.4 Å². The highest BCUT2D eigenvalue weighted by molar-refractivity contribution is 5.90. The number of hydrogen-bond acceptors (Lipinski definition) is 4. The molecule has 1 unspecified atom stereocenters.